The molecule has 0 aliphatic carbocycles. The van der Waals surface area contributed by atoms with Crippen molar-refractivity contribution in [3.63, 3.8) is 0 Å². The zero-order chi connectivity index (χ0) is 14.1. The molecule has 0 radical (unpaired) electrons. The number of halogens is 3. The molecule has 0 aliphatic rings. The summed E-state index contributed by atoms with van der Waals surface area (Å²) in [6.07, 6.45) is 0. The maximum Gasteiger partial charge on any atom is 0.199 e. The van der Waals surface area contributed by atoms with Crippen LogP contribution in [0.25, 0.3) is 11.0 Å². The zero-order valence-corrected chi connectivity index (χ0v) is 11.0. The Bertz CT molecular complexity index is 770. The Morgan fingerprint density at radius 3 is 2.70 bits per heavy atom. The highest BCUT2D eigenvalue weighted by atomic mass is 35.5. The molecule has 2 nitrogen and oxygen atoms in total. The monoisotopic (exact) mass is 293 g/mol. The van der Waals surface area contributed by atoms with E-state index in [9.17, 15) is 8.78 Å². The molecular weight excluding hydrogens is 284 g/mol. The Morgan fingerprint density at radius 2 is 1.90 bits per heavy atom. The number of para-hydroxylation sites is 1. The first kappa shape index (κ1) is 12.9. The predicted molar refractivity (Wildman–Crippen MR) is 74.9 cm³/mol. The van der Waals surface area contributed by atoms with Gasteiger partial charge in [0.25, 0.3) is 0 Å². The van der Waals surface area contributed by atoms with Crippen molar-refractivity contribution in [2.24, 2.45) is 0 Å². The third-order valence-corrected chi connectivity index (χ3v) is 3.34. The Hall–Kier alpha value is -2.07. The number of furan rings is 1. The summed E-state index contributed by atoms with van der Waals surface area (Å²) < 4.78 is 31.8. The summed E-state index contributed by atoms with van der Waals surface area (Å²) in [6.45, 7) is 0.290. The van der Waals surface area contributed by atoms with Crippen LogP contribution in [-0.2, 0) is 6.54 Å². The topological polar surface area (TPSA) is 25.2 Å². The minimum atomic E-state index is -0.645. The van der Waals surface area contributed by atoms with Gasteiger partial charge in [0, 0.05) is 23.6 Å². The molecule has 0 atom stereocenters. The molecule has 3 rings (SSSR count). The lowest BCUT2D eigenvalue weighted by Crippen LogP contribution is -2.01. The summed E-state index contributed by atoms with van der Waals surface area (Å²) in [6, 6.07) is 10.8. The van der Waals surface area contributed by atoms with Gasteiger partial charge in [-0.2, -0.15) is 0 Å². The summed E-state index contributed by atoms with van der Waals surface area (Å²) in [5, 5.41) is 4.02. The molecule has 1 aromatic heterocycles. The highest BCUT2D eigenvalue weighted by molar-refractivity contribution is 6.30. The van der Waals surface area contributed by atoms with Crippen LogP contribution in [0.4, 0.5) is 14.5 Å². The fraction of sp³-hybridized carbons (Fsp3) is 0.0667. The average Bonchev–Trinajstić information content (AvgIpc) is 2.74. The smallest absolute Gasteiger partial charge is 0.199 e. The van der Waals surface area contributed by atoms with Crippen molar-refractivity contribution < 1.29 is 13.2 Å². The van der Waals surface area contributed by atoms with E-state index >= 15 is 0 Å². The lowest BCUT2D eigenvalue weighted by atomic mass is 10.1. The normalized spacial score (nSPS) is 10.9. The van der Waals surface area contributed by atoms with Crippen molar-refractivity contribution in [2.45, 2.75) is 6.54 Å². The summed E-state index contributed by atoms with van der Waals surface area (Å²) in [5.74, 6) is -1.26. The van der Waals surface area contributed by atoms with Crippen molar-refractivity contribution >= 4 is 28.3 Å². The molecule has 3 aromatic rings. The molecule has 102 valence electrons. The molecule has 1 N–H and O–H groups in total. The molecular formula is C15H10ClF2NO. The molecule has 0 bridgehead atoms. The van der Waals surface area contributed by atoms with Crippen molar-refractivity contribution in [1.82, 2.24) is 0 Å². The van der Waals surface area contributed by atoms with E-state index in [0.29, 0.717) is 12.1 Å². The fourth-order valence-corrected chi connectivity index (χ4v) is 2.30. The fourth-order valence-electron chi connectivity index (χ4n) is 2.05. The van der Waals surface area contributed by atoms with Gasteiger partial charge in [0.15, 0.2) is 5.22 Å². The standard InChI is InChI=1S/C15H10ClF2NO/c16-15-11(10-3-1-2-4-14(10)20-15)8-19-13-6-5-9(17)7-12(13)18/h1-7,19H,8H2. The van der Waals surface area contributed by atoms with Crippen LogP contribution >= 0.6 is 11.6 Å². The highest BCUT2D eigenvalue weighted by Crippen LogP contribution is 2.30. The maximum absolute atomic E-state index is 13.5. The molecule has 20 heavy (non-hydrogen) atoms. The third-order valence-electron chi connectivity index (χ3n) is 3.04. The Labute approximate surface area is 119 Å². The van der Waals surface area contributed by atoms with Crippen molar-refractivity contribution in [2.75, 3.05) is 5.32 Å². The summed E-state index contributed by atoms with van der Waals surface area (Å²) in [7, 11) is 0. The predicted octanol–water partition coefficient (Wildman–Crippen LogP) is 4.98. The summed E-state index contributed by atoms with van der Waals surface area (Å²) in [5.41, 5.74) is 1.63. The van der Waals surface area contributed by atoms with Crippen LogP contribution in [-0.4, -0.2) is 0 Å². The average molecular weight is 294 g/mol. The van der Waals surface area contributed by atoms with Crippen LogP contribution in [0.2, 0.25) is 5.22 Å². The first-order chi connectivity index (χ1) is 9.65. The molecule has 0 unspecified atom stereocenters. The van der Waals surface area contributed by atoms with E-state index in [1.807, 2.05) is 24.3 Å². The molecule has 5 heteroatoms. The van der Waals surface area contributed by atoms with Gasteiger partial charge < -0.3 is 9.73 Å². The van der Waals surface area contributed by atoms with Gasteiger partial charge in [-0.05, 0) is 29.8 Å². The molecule has 0 fully saturated rings. The second kappa shape index (κ2) is 5.13. The third kappa shape index (κ3) is 2.34. The molecule has 1 heterocycles. The van der Waals surface area contributed by atoms with Crippen LogP contribution in [0.5, 0.6) is 0 Å². The van der Waals surface area contributed by atoms with Crippen molar-refractivity contribution in [1.29, 1.82) is 0 Å². The van der Waals surface area contributed by atoms with Gasteiger partial charge >= 0.3 is 0 Å². The van der Waals surface area contributed by atoms with Gasteiger partial charge in [0.05, 0.1) is 5.69 Å². The molecule has 2 aromatic carbocycles. The van der Waals surface area contributed by atoms with Gasteiger partial charge in [0.1, 0.15) is 17.2 Å². The van der Waals surface area contributed by atoms with Crippen LogP contribution in [0, 0.1) is 11.6 Å². The first-order valence-electron chi connectivity index (χ1n) is 6.00. The first-order valence-corrected chi connectivity index (χ1v) is 6.38. The quantitative estimate of drug-likeness (QED) is 0.737. The largest absolute Gasteiger partial charge is 0.444 e. The number of hydrogen-bond acceptors (Lipinski definition) is 2. The Kier molecular flexibility index (Phi) is 3.32. The minimum absolute atomic E-state index is 0.216. The second-order valence-electron chi connectivity index (χ2n) is 4.33. The van der Waals surface area contributed by atoms with Gasteiger partial charge in [-0.25, -0.2) is 8.78 Å². The van der Waals surface area contributed by atoms with E-state index in [4.69, 9.17) is 16.0 Å². The second-order valence-corrected chi connectivity index (χ2v) is 4.67. The van der Waals surface area contributed by atoms with Gasteiger partial charge in [-0.3, -0.25) is 0 Å². The van der Waals surface area contributed by atoms with E-state index in [-0.39, 0.29) is 10.9 Å². The molecule has 0 amide bonds. The van der Waals surface area contributed by atoms with Gasteiger partial charge in [-0.15, -0.1) is 0 Å². The van der Waals surface area contributed by atoms with E-state index in [1.165, 1.54) is 12.1 Å². The van der Waals surface area contributed by atoms with Crippen molar-refractivity contribution in [3.05, 3.63) is 64.9 Å². The van der Waals surface area contributed by atoms with Gasteiger partial charge in [-0.1, -0.05) is 18.2 Å². The lowest BCUT2D eigenvalue weighted by molar-refractivity contribution is 0.584. The van der Waals surface area contributed by atoms with Crippen LogP contribution in [0.3, 0.4) is 0 Å². The summed E-state index contributed by atoms with van der Waals surface area (Å²) in [4.78, 5) is 0. The van der Waals surface area contributed by atoms with E-state index in [1.54, 1.807) is 0 Å². The molecule has 0 saturated heterocycles. The Balaban J connectivity index is 1.88. The minimum Gasteiger partial charge on any atom is -0.444 e. The summed E-state index contributed by atoms with van der Waals surface area (Å²) >= 11 is 6.04. The van der Waals surface area contributed by atoms with Crippen LogP contribution < -0.4 is 5.32 Å². The van der Waals surface area contributed by atoms with Gasteiger partial charge in [0.2, 0.25) is 0 Å². The van der Waals surface area contributed by atoms with Crippen LogP contribution in [0.15, 0.2) is 46.9 Å². The maximum atomic E-state index is 13.5. The zero-order valence-electron chi connectivity index (χ0n) is 10.3. The Morgan fingerprint density at radius 1 is 1.10 bits per heavy atom. The van der Waals surface area contributed by atoms with E-state index in [0.717, 1.165) is 17.0 Å². The van der Waals surface area contributed by atoms with E-state index in [2.05, 4.69) is 5.32 Å². The van der Waals surface area contributed by atoms with E-state index < -0.39 is 11.6 Å². The molecule has 0 spiro atoms. The number of hydrogen-bond donors (Lipinski definition) is 1. The molecule has 0 aliphatic heterocycles. The van der Waals surface area contributed by atoms with Crippen molar-refractivity contribution in [3.8, 4) is 0 Å². The highest BCUT2D eigenvalue weighted by Gasteiger charge is 2.12. The number of nitrogens with one attached hydrogen (secondary N) is 1. The number of rotatable bonds is 3. The van der Waals surface area contributed by atoms with Crippen LogP contribution in [0.1, 0.15) is 5.56 Å². The number of anilines is 1. The molecule has 0 saturated carbocycles. The number of fused-ring (bicyclic) bond motifs is 1. The number of benzene rings is 2. The lowest BCUT2D eigenvalue weighted by Gasteiger charge is -2.07. The SMILES string of the molecule is Fc1ccc(NCc2c(Cl)oc3ccccc23)c(F)c1.